The van der Waals surface area contributed by atoms with Crippen molar-refractivity contribution < 1.29 is 8.42 Å². The van der Waals surface area contributed by atoms with Gasteiger partial charge in [0.2, 0.25) is 10.0 Å². The Morgan fingerprint density at radius 2 is 1.81 bits per heavy atom. The van der Waals surface area contributed by atoms with Gasteiger partial charge in [0.05, 0.1) is 4.90 Å². The van der Waals surface area contributed by atoms with Crippen LogP contribution in [0.25, 0.3) is 0 Å². The van der Waals surface area contributed by atoms with Crippen LogP contribution in [0.2, 0.25) is 5.02 Å². The van der Waals surface area contributed by atoms with Gasteiger partial charge in [-0.15, -0.1) is 0 Å². The zero-order chi connectivity index (χ0) is 15.8. The lowest BCUT2D eigenvalue weighted by atomic mass is 9.87. The topological polar surface area (TPSA) is 63.4 Å². The van der Waals surface area contributed by atoms with Crippen LogP contribution in [0.1, 0.15) is 38.2 Å². The van der Waals surface area contributed by atoms with Crippen molar-refractivity contribution >= 4 is 27.3 Å². The molecule has 1 saturated carbocycles. The predicted molar refractivity (Wildman–Crippen MR) is 87.0 cm³/mol. The van der Waals surface area contributed by atoms with Crippen LogP contribution in [-0.4, -0.2) is 25.8 Å². The second kappa shape index (κ2) is 6.15. The van der Waals surface area contributed by atoms with Crippen LogP contribution in [-0.2, 0) is 10.0 Å². The van der Waals surface area contributed by atoms with E-state index in [0.29, 0.717) is 22.2 Å². The van der Waals surface area contributed by atoms with E-state index in [1.54, 1.807) is 14.0 Å². The van der Waals surface area contributed by atoms with Crippen molar-refractivity contribution in [2.75, 3.05) is 12.8 Å². The van der Waals surface area contributed by atoms with Gasteiger partial charge in [-0.05, 0) is 56.2 Å². The molecular formula is C15H23ClN2O2S. The number of sulfonamides is 1. The highest BCUT2D eigenvalue weighted by Crippen LogP contribution is 2.32. The van der Waals surface area contributed by atoms with E-state index in [4.69, 9.17) is 17.3 Å². The lowest BCUT2D eigenvalue weighted by Gasteiger charge is -2.33. The normalized spacial score (nSPS) is 23.5. The summed E-state index contributed by atoms with van der Waals surface area (Å²) in [6, 6.07) is 3.05. The van der Waals surface area contributed by atoms with Crippen molar-refractivity contribution in [1.82, 2.24) is 4.31 Å². The summed E-state index contributed by atoms with van der Waals surface area (Å²) in [6.07, 6.45) is 3.96. The summed E-state index contributed by atoms with van der Waals surface area (Å²) in [5, 5.41) is 0.388. The fourth-order valence-corrected chi connectivity index (χ4v) is 4.56. The van der Waals surface area contributed by atoms with Gasteiger partial charge in [-0.25, -0.2) is 8.42 Å². The first kappa shape index (κ1) is 16.6. The number of nitrogens with two attached hydrogens (primary N) is 1. The molecular weight excluding hydrogens is 308 g/mol. The maximum absolute atomic E-state index is 12.7. The Morgan fingerprint density at radius 3 is 2.33 bits per heavy atom. The summed E-state index contributed by atoms with van der Waals surface area (Å²) in [5.41, 5.74) is 6.97. The van der Waals surface area contributed by atoms with Gasteiger partial charge in [0.25, 0.3) is 0 Å². The molecule has 0 radical (unpaired) electrons. The van der Waals surface area contributed by atoms with Gasteiger partial charge in [-0.1, -0.05) is 18.5 Å². The maximum Gasteiger partial charge on any atom is 0.243 e. The number of rotatable bonds is 3. The second-order valence-corrected chi connectivity index (χ2v) is 8.46. The van der Waals surface area contributed by atoms with Crippen molar-refractivity contribution in [3.05, 3.63) is 22.7 Å². The molecule has 6 heteroatoms. The van der Waals surface area contributed by atoms with Gasteiger partial charge >= 0.3 is 0 Å². The molecule has 1 aromatic rings. The van der Waals surface area contributed by atoms with Crippen molar-refractivity contribution in [3.8, 4) is 0 Å². The quantitative estimate of drug-likeness (QED) is 0.863. The SMILES string of the molecule is Cc1c(N)cc(S(=O)(=O)N(C)C2CCC(C)CC2)cc1Cl. The monoisotopic (exact) mass is 330 g/mol. The zero-order valence-corrected chi connectivity index (χ0v) is 14.3. The second-order valence-electron chi connectivity index (χ2n) is 6.05. The largest absolute Gasteiger partial charge is 0.398 e. The molecule has 0 aromatic heterocycles. The Balaban J connectivity index is 2.29. The average Bonchev–Trinajstić information content (AvgIpc) is 2.44. The standard InChI is InChI=1S/C15H23ClN2O2S/c1-10-4-6-12(7-5-10)18(3)21(19,20)13-8-14(16)11(2)15(17)9-13/h8-10,12H,4-7,17H2,1-3H3. The van der Waals surface area contributed by atoms with E-state index in [0.717, 1.165) is 25.7 Å². The third kappa shape index (κ3) is 3.35. The van der Waals surface area contributed by atoms with Gasteiger partial charge in [0, 0.05) is 23.8 Å². The van der Waals surface area contributed by atoms with E-state index in [9.17, 15) is 8.42 Å². The molecule has 0 unspecified atom stereocenters. The minimum absolute atomic E-state index is 0.0625. The molecule has 118 valence electrons. The highest BCUT2D eigenvalue weighted by molar-refractivity contribution is 7.89. The number of halogens is 1. The Hall–Kier alpha value is -0.780. The van der Waals surface area contributed by atoms with Crippen LogP contribution in [0.15, 0.2) is 17.0 Å². The lowest BCUT2D eigenvalue weighted by Crippen LogP contribution is -2.39. The average molecular weight is 331 g/mol. The third-order valence-electron chi connectivity index (χ3n) is 4.53. The number of nitrogen functional groups attached to an aromatic ring is 1. The number of benzene rings is 1. The molecule has 0 heterocycles. The molecule has 2 rings (SSSR count). The summed E-state index contributed by atoms with van der Waals surface area (Å²) < 4.78 is 27.0. The minimum atomic E-state index is -3.55. The molecule has 0 amide bonds. The van der Waals surface area contributed by atoms with E-state index in [-0.39, 0.29) is 10.9 Å². The molecule has 0 saturated heterocycles. The molecule has 0 aliphatic heterocycles. The van der Waals surface area contributed by atoms with Gasteiger partial charge in [-0.3, -0.25) is 0 Å². The van der Waals surface area contributed by atoms with Crippen molar-refractivity contribution in [2.24, 2.45) is 5.92 Å². The first-order chi connectivity index (χ1) is 9.73. The third-order valence-corrected chi connectivity index (χ3v) is 6.81. The number of hydrogen-bond donors (Lipinski definition) is 1. The first-order valence-electron chi connectivity index (χ1n) is 7.27. The molecule has 1 aromatic carbocycles. The molecule has 0 bridgehead atoms. The summed E-state index contributed by atoms with van der Waals surface area (Å²) in [5.74, 6) is 0.682. The Bertz CT molecular complexity index is 600. The van der Waals surface area contributed by atoms with Crippen LogP contribution in [0.3, 0.4) is 0 Å². The smallest absolute Gasteiger partial charge is 0.243 e. The van der Waals surface area contributed by atoms with Crippen molar-refractivity contribution in [2.45, 2.75) is 50.5 Å². The summed E-state index contributed by atoms with van der Waals surface area (Å²) in [7, 11) is -1.90. The fraction of sp³-hybridized carbons (Fsp3) is 0.600. The van der Waals surface area contributed by atoms with Crippen molar-refractivity contribution in [3.63, 3.8) is 0 Å². The molecule has 1 aliphatic rings. The zero-order valence-electron chi connectivity index (χ0n) is 12.8. The molecule has 1 aliphatic carbocycles. The van der Waals surface area contributed by atoms with E-state index in [1.807, 2.05) is 0 Å². The molecule has 4 nitrogen and oxygen atoms in total. The van der Waals surface area contributed by atoms with Crippen LogP contribution >= 0.6 is 11.6 Å². The summed E-state index contributed by atoms with van der Waals surface area (Å²) in [4.78, 5) is 0.178. The van der Waals surface area contributed by atoms with Crippen molar-refractivity contribution in [1.29, 1.82) is 0 Å². The molecule has 0 spiro atoms. The molecule has 21 heavy (non-hydrogen) atoms. The number of nitrogens with zero attached hydrogens (tertiary/aromatic N) is 1. The Kier molecular flexibility index (Phi) is 4.85. The minimum Gasteiger partial charge on any atom is -0.398 e. The van der Waals surface area contributed by atoms with Gasteiger partial charge in [0.15, 0.2) is 0 Å². The van der Waals surface area contributed by atoms with Crippen LogP contribution in [0.5, 0.6) is 0 Å². The van der Waals surface area contributed by atoms with E-state index in [2.05, 4.69) is 6.92 Å². The first-order valence-corrected chi connectivity index (χ1v) is 9.09. The molecule has 0 atom stereocenters. The van der Waals surface area contributed by atoms with E-state index < -0.39 is 10.0 Å². The lowest BCUT2D eigenvalue weighted by molar-refractivity contribution is 0.246. The highest BCUT2D eigenvalue weighted by atomic mass is 35.5. The predicted octanol–water partition coefficient (Wildman–Crippen LogP) is 3.43. The Labute approximate surface area is 132 Å². The number of anilines is 1. The maximum atomic E-state index is 12.7. The van der Waals surface area contributed by atoms with E-state index in [1.165, 1.54) is 16.4 Å². The van der Waals surface area contributed by atoms with E-state index >= 15 is 0 Å². The van der Waals surface area contributed by atoms with Crippen LogP contribution in [0, 0.1) is 12.8 Å². The van der Waals surface area contributed by atoms with Crippen LogP contribution in [0.4, 0.5) is 5.69 Å². The molecule has 1 fully saturated rings. The fourth-order valence-electron chi connectivity index (χ4n) is 2.79. The molecule has 2 N–H and O–H groups in total. The summed E-state index contributed by atoms with van der Waals surface area (Å²) in [6.45, 7) is 3.99. The summed E-state index contributed by atoms with van der Waals surface area (Å²) >= 11 is 6.07. The highest BCUT2D eigenvalue weighted by Gasteiger charge is 2.31. The van der Waals surface area contributed by atoms with Gasteiger partial charge in [-0.2, -0.15) is 4.31 Å². The number of hydrogen-bond acceptors (Lipinski definition) is 3. The Morgan fingerprint density at radius 1 is 1.24 bits per heavy atom. The van der Waals surface area contributed by atoms with Gasteiger partial charge < -0.3 is 5.73 Å². The van der Waals surface area contributed by atoms with Crippen LogP contribution < -0.4 is 5.73 Å². The van der Waals surface area contributed by atoms with Gasteiger partial charge in [0.1, 0.15) is 0 Å².